The Hall–Kier alpha value is -1.47. The molecular weight excluding hydrogens is 278 g/mol. The molecule has 1 saturated heterocycles. The van der Waals surface area contributed by atoms with Gasteiger partial charge in [0.25, 0.3) is 0 Å². The molecule has 0 N–H and O–H groups in total. The molecule has 1 aliphatic rings. The second kappa shape index (κ2) is 7.51. The number of benzene rings is 2. The molecule has 2 heteroatoms. The monoisotopic (exact) mass is 301 g/mol. The summed E-state index contributed by atoms with van der Waals surface area (Å²) in [5, 5.41) is 0. The molecule has 0 aliphatic carbocycles. The van der Waals surface area contributed by atoms with Gasteiger partial charge in [-0.15, -0.1) is 12.4 Å². The summed E-state index contributed by atoms with van der Waals surface area (Å²) in [6, 6.07) is 18.0. The minimum atomic E-state index is 0. The molecule has 2 aromatic carbocycles. The van der Waals surface area contributed by atoms with Crippen molar-refractivity contribution in [1.29, 1.82) is 0 Å². The number of nitrogens with zero attached hydrogens (tertiary/aromatic N) is 1. The molecule has 112 valence electrons. The van der Waals surface area contributed by atoms with Gasteiger partial charge in [0.05, 0.1) is 0 Å². The smallest absolute Gasteiger partial charge is 0.0366 e. The fourth-order valence-corrected chi connectivity index (χ4v) is 2.92. The average molecular weight is 302 g/mol. The molecule has 1 nitrogen and oxygen atoms in total. The summed E-state index contributed by atoms with van der Waals surface area (Å²) in [6.07, 6.45) is 5.10. The van der Waals surface area contributed by atoms with Crippen LogP contribution in [0.4, 0.5) is 5.69 Å². The van der Waals surface area contributed by atoms with E-state index in [9.17, 15) is 0 Å². The molecule has 1 fully saturated rings. The maximum atomic E-state index is 2.51. The van der Waals surface area contributed by atoms with E-state index in [0.717, 1.165) is 6.42 Å². The topological polar surface area (TPSA) is 3.24 Å². The zero-order chi connectivity index (χ0) is 13.8. The standard InChI is InChI=1S/C19H23N.ClH/c1-16-5-7-17(8-6-16)15-18-9-11-19(12-10-18)20-13-3-2-4-14-20;/h5-12H,2-4,13-15H2,1H3;1H. The van der Waals surface area contributed by atoms with E-state index >= 15 is 0 Å². The van der Waals surface area contributed by atoms with Crippen LogP contribution in [-0.2, 0) is 6.42 Å². The highest BCUT2D eigenvalue weighted by Crippen LogP contribution is 2.21. The summed E-state index contributed by atoms with van der Waals surface area (Å²) < 4.78 is 0. The maximum Gasteiger partial charge on any atom is 0.0366 e. The zero-order valence-corrected chi connectivity index (χ0v) is 13.5. The molecule has 0 spiro atoms. The van der Waals surface area contributed by atoms with Gasteiger partial charge in [-0.1, -0.05) is 42.0 Å². The minimum absolute atomic E-state index is 0. The number of anilines is 1. The van der Waals surface area contributed by atoms with E-state index in [2.05, 4.69) is 60.4 Å². The number of piperidine rings is 1. The SMILES string of the molecule is Cc1ccc(Cc2ccc(N3CCCCC3)cc2)cc1.Cl. The zero-order valence-electron chi connectivity index (χ0n) is 12.7. The van der Waals surface area contributed by atoms with Gasteiger partial charge in [-0.05, 0) is 55.9 Å². The van der Waals surface area contributed by atoms with Gasteiger partial charge in [0.15, 0.2) is 0 Å². The van der Waals surface area contributed by atoms with Gasteiger partial charge in [-0.3, -0.25) is 0 Å². The Morgan fingerprint density at radius 2 is 1.29 bits per heavy atom. The van der Waals surface area contributed by atoms with Gasteiger partial charge < -0.3 is 4.90 Å². The highest BCUT2D eigenvalue weighted by molar-refractivity contribution is 5.85. The first-order valence-electron chi connectivity index (χ1n) is 7.71. The van der Waals surface area contributed by atoms with E-state index in [0.29, 0.717) is 0 Å². The van der Waals surface area contributed by atoms with Crippen LogP contribution in [0.1, 0.15) is 36.0 Å². The number of aryl methyl sites for hydroxylation is 1. The third-order valence-corrected chi connectivity index (χ3v) is 4.19. The van der Waals surface area contributed by atoms with Crippen LogP contribution in [0.5, 0.6) is 0 Å². The summed E-state index contributed by atoms with van der Waals surface area (Å²) in [5.74, 6) is 0. The van der Waals surface area contributed by atoms with E-state index < -0.39 is 0 Å². The summed E-state index contributed by atoms with van der Waals surface area (Å²) >= 11 is 0. The van der Waals surface area contributed by atoms with Crippen LogP contribution in [-0.4, -0.2) is 13.1 Å². The normalized spacial score (nSPS) is 14.6. The van der Waals surface area contributed by atoms with Crippen molar-refractivity contribution >= 4 is 18.1 Å². The summed E-state index contributed by atoms with van der Waals surface area (Å²) in [4.78, 5) is 2.51. The molecule has 0 unspecified atom stereocenters. The van der Waals surface area contributed by atoms with Crippen molar-refractivity contribution in [1.82, 2.24) is 0 Å². The quantitative estimate of drug-likeness (QED) is 0.771. The molecule has 2 aromatic rings. The van der Waals surface area contributed by atoms with E-state index in [1.165, 1.54) is 54.7 Å². The molecule has 0 atom stereocenters. The fraction of sp³-hybridized carbons (Fsp3) is 0.368. The maximum absolute atomic E-state index is 2.51. The van der Waals surface area contributed by atoms with Crippen molar-refractivity contribution in [2.45, 2.75) is 32.6 Å². The van der Waals surface area contributed by atoms with E-state index in [4.69, 9.17) is 0 Å². The van der Waals surface area contributed by atoms with Gasteiger partial charge in [0.1, 0.15) is 0 Å². The predicted octanol–water partition coefficient (Wildman–Crippen LogP) is 5.00. The number of hydrogen-bond donors (Lipinski definition) is 0. The molecule has 1 aliphatic heterocycles. The lowest BCUT2D eigenvalue weighted by Gasteiger charge is -2.28. The predicted molar refractivity (Wildman–Crippen MR) is 93.7 cm³/mol. The number of halogens is 1. The third kappa shape index (κ3) is 4.25. The van der Waals surface area contributed by atoms with Crippen molar-refractivity contribution in [2.75, 3.05) is 18.0 Å². The Morgan fingerprint density at radius 1 is 0.762 bits per heavy atom. The second-order valence-corrected chi connectivity index (χ2v) is 5.88. The van der Waals surface area contributed by atoms with Crippen molar-refractivity contribution in [3.63, 3.8) is 0 Å². The van der Waals surface area contributed by atoms with Gasteiger partial charge >= 0.3 is 0 Å². The van der Waals surface area contributed by atoms with Gasteiger partial charge in [0, 0.05) is 18.8 Å². The number of rotatable bonds is 3. The van der Waals surface area contributed by atoms with Crippen LogP contribution in [0.2, 0.25) is 0 Å². The van der Waals surface area contributed by atoms with Gasteiger partial charge in [-0.2, -0.15) is 0 Å². The third-order valence-electron chi connectivity index (χ3n) is 4.19. The molecule has 1 heterocycles. The van der Waals surface area contributed by atoms with E-state index in [1.54, 1.807) is 0 Å². The first kappa shape index (κ1) is 15.9. The minimum Gasteiger partial charge on any atom is -0.372 e. The molecule has 0 amide bonds. The Morgan fingerprint density at radius 3 is 1.86 bits per heavy atom. The Labute approximate surface area is 134 Å². The summed E-state index contributed by atoms with van der Waals surface area (Å²) in [7, 11) is 0. The van der Waals surface area contributed by atoms with Crippen molar-refractivity contribution < 1.29 is 0 Å². The molecule has 0 radical (unpaired) electrons. The summed E-state index contributed by atoms with van der Waals surface area (Å²) in [5.41, 5.74) is 5.50. The van der Waals surface area contributed by atoms with Crippen molar-refractivity contribution in [3.8, 4) is 0 Å². The first-order chi connectivity index (χ1) is 9.81. The summed E-state index contributed by atoms with van der Waals surface area (Å²) in [6.45, 7) is 4.58. The lowest BCUT2D eigenvalue weighted by atomic mass is 10.0. The highest BCUT2D eigenvalue weighted by Gasteiger charge is 2.10. The Balaban J connectivity index is 0.00000161. The molecule has 0 aromatic heterocycles. The van der Waals surface area contributed by atoms with Crippen LogP contribution in [0, 0.1) is 6.92 Å². The number of hydrogen-bond acceptors (Lipinski definition) is 1. The first-order valence-corrected chi connectivity index (χ1v) is 7.71. The highest BCUT2D eigenvalue weighted by atomic mass is 35.5. The average Bonchev–Trinajstić information content (AvgIpc) is 2.51. The van der Waals surface area contributed by atoms with Crippen molar-refractivity contribution in [3.05, 3.63) is 65.2 Å². The van der Waals surface area contributed by atoms with Crippen LogP contribution >= 0.6 is 12.4 Å². The largest absolute Gasteiger partial charge is 0.372 e. The second-order valence-electron chi connectivity index (χ2n) is 5.88. The Kier molecular flexibility index (Phi) is 5.69. The fourth-order valence-electron chi connectivity index (χ4n) is 2.92. The molecule has 0 saturated carbocycles. The molecular formula is C19H24ClN. The lowest BCUT2D eigenvalue weighted by molar-refractivity contribution is 0.578. The van der Waals surface area contributed by atoms with Crippen LogP contribution < -0.4 is 4.90 Å². The molecule has 21 heavy (non-hydrogen) atoms. The van der Waals surface area contributed by atoms with E-state index in [1.807, 2.05) is 0 Å². The van der Waals surface area contributed by atoms with Gasteiger partial charge in [-0.25, -0.2) is 0 Å². The van der Waals surface area contributed by atoms with E-state index in [-0.39, 0.29) is 12.4 Å². The van der Waals surface area contributed by atoms with Crippen LogP contribution in [0.15, 0.2) is 48.5 Å². The van der Waals surface area contributed by atoms with Crippen LogP contribution in [0.3, 0.4) is 0 Å². The molecule has 3 rings (SSSR count). The van der Waals surface area contributed by atoms with Crippen LogP contribution in [0.25, 0.3) is 0 Å². The Bertz CT molecular complexity index is 539. The van der Waals surface area contributed by atoms with Crippen molar-refractivity contribution in [2.24, 2.45) is 0 Å². The van der Waals surface area contributed by atoms with Gasteiger partial charge in [0.2, 0.25) is 0 Å². The molecule has 0 bridgehead atoms. The lowest BCUT2D eigenvalue weighted by Crippen LogP contribution is -2.29.